The monoisotopic (exact) mass is 1860 g/mol. The number of aromatic nitrogens is 6. The molecule has 0 atom stereocenters. The fourth-order valence-corrected chi connectivity index (χ4v) is 18.3. The Hall–Kier alpha value is -12.1. The number of nitrogens with zero attached hydrogens (tertiary/aromatic N) is 13. The first-order chi connectivity index (χ1) is 62.9. The van der Waals surface area contributed by atoms with E-state index in [9.17, 15) is 34.1 Å². The summed E-state index contributed by atoms with van der Waals surface area (Å²) in [7, 11) is 0. The van der Waals surface area contributed by atoms with Crippen molar-refractivity contribution in [3.63, 3.8) is 0 Å². The van der Waals surface area contributed by atoms with Crippen LogP contribution < -0.4 is 92.5 Å². The number of nitrogens with one attached hydrogen (secondary N) is 7. The van der Waals surface area contributed by atoms with E-state index >= 15 is 0 Å². The van der Waals surface area contributed by atoms with Gasteiger partial charge in [0.15, 0.2) is 17.5 Å². The van der Waals surface area contributed by atoms with Crippen molar-refractivity contribution in [1.82, 2.24) is 44.6 Å². The quantitative estimate of drug-likeness (QED) is 0.00431. The number of nitro benzene ring substituents is 1. The number of nitrogens with two attached hydrogens (primary N) is 1. The summed E-state index contributed by atoms with van der Waals surface area (Å²) in [6, 6.07) is 49.2. The minimum atomic E-state index is -0.509. The molecule has 0 unspecified atom stereocenters. The maximum absolute atomic E-state index is 12.9. The molecule has 0 radical (unpaired) electrons. The molecule has 6 fully saturated rings. The SMILES string of the molecule is C.C=CC(=O)Cl.C=CC(=O)Nc1ccc(C(=O)Nc2cccc(Nc3nc(N4CCC(N5CCOCC5)CC4)c4sccc4n3)c2)cc1.Nc1ccc(C(=O)Nc2cccc(Nc3nc(N4CCC(N5CCOCC5)CC4)c4sccc4n3)c2)cc1.O=C(Nc1cccc(Nc2nc(N3CCC(N4CCOCC4)CC3)c3sccc3n2)c1)c1ccc([N+](=O)[O-])cc1.O=CO[O-].[Na+]. The number of nitro groups is 1. The van der Waals surface area contributed by atoms with Crippen molar-refractivity contribution in [2.24, 2.45) is 0 Å². The first-order valence-corrected chi connectivity index (χ1v) is 45.1. The van der Waals surface area contributed by atoms with Crippen molar-refractivity contribution in [3.05, 3.63) is 232 Å². The van der Waals surface area contributed by atoms with Crippen LogP contribution in [0.25, 0.3) is 30.6 Å². The Morgan fingerprint density at radius 1 is 0.443 bits per heavy atom. The van der Waals surface area contributed by atoms with Crippen LogP contribution in [0, 0.1) is 10.1 Å². The van der Waals surface area contributed by atoms with Crippen molar-refractivity contribution in [2.45, 2.75) is 64.1 Å². The van der Waals surface area contributed by atoms with Gasteiger partial charge in [-0.05, 0) is 212 Å². The zero-order valence-corrected chi connectivity index (χ0v) is 76.7. The van der Waals surface area contributed by atoms with Crippen LogP contribution in [0.3, 0.4) is 0 Å². The minimum absolute atomic E-state index is 0. The Kier molecular flexibility index (Phi) is 36.5. The Morgan fingerprint density at radius 2 is 0.740 bits per heavy atom. The van der Waals surface area contributed by atoms with E-state index in [0.29, 0.717) is 81.1 Å². The van der Waals surface area contributed by atoms with Crippen molar-refractivity contribution < 1.29 is 87.6 Å². The molecule has 4 amide bonds. The maximum Gasteiger partial charge on any atom is 1.00 e. The van der Waals surface area contributed by atoms with Gasteiger partial charge in [0.2, 0.25) is 29.0 Å². The molecule has 0 bridgehead atoms. The van der Waals surface area contributed by atoms with Crippen LogP contribution in [0.15, 0.2) is 205 Å². The topological polar surface area (TPSA) is 413 Å². The fraction of sp³-hybridized carbons (Fsp3) is 0.304. The zero-order valence-electron chi connectivity index (χ0n) is 71.5. The number of anilines is 14. The smallest absolute Gasteiger partial charge is 0.662 e. The second-order valence-corrected chi connectivity index (χ2v) is 33.6. The van der Waals surface area contributed by atoms with Crippen LogP contribution in [0.4, 0.5) is 86.5 Å². The van der Waals surface area contributed by atoms with Gasteiger partial charge in [0.1, 0.15) is 0 Å². The van der Waals surface area contributed by atoms with E-state index in [1.807, 2.05) is 84.2 Å². The molecule has 34 nitrogen and oxygen atoms in total. The first kappa shape index (κ1) is 98.0. The van der Waals surface area contributed by atoms with Crippen LogP contribution in [0.2, 0.25) is 0 Å². The number of morpholine rings is 3. The fourth-order valence-electron chi connectivity index (χ4n) is 15.8. The molecule has 12 heterocycles. The molecule has 6 aromatic heterocycles. The molecular weight excluding hydrogens is 1760 g/mol. The number of piperidine rings is 3. The Labute approximate surface area is 796 Å². The molecular formula is C92H101ClN21NaO13S3. The molecule has 0 spiro atoms. The maximum atomic E-state index is 12.9. The molecule has 0 aliphatic carbocycles. The van der Waals surface area contributed by atoms with Crippen molar-refractivity contribution >= 4 is 198 Å². The van der Waals surface area contributed by atoms with E-state index in [0.717, 1.165) is 228 Å². The largest absolute Gasteiger partial charge is 1.00 e. The van der Waals surface area contributed by atoms with Crippen molar-refractivity contribution in [2.75, 3.05) is 176 Å². The number of hydrogen-bond acceptors (Lipinski definition) is 32. The summed E-state index contributed by atoms with van der Waals surface area (Å²) >= 11 is 9.71. The van der Waals surface area contributed by atoms with E-state index in [2.05, 4.69) is 95.4 Å². The van der Waals surface area contributed by atoms with E-state index in [1.54, 1.807) is 94.7 Å². The third-order valence-electron chi connectivity index (χ3n) is 22.3. The van der Waals surface area contributed by atoms with Crippen LogP contribution in [0.5, 0.6) is 0 Å². The predicted octanol–water partition coefficient (Wildman–Crippen LogP) is 11.6. The second kappa shape index (κ2) is 48.7. The number of amides is 4. The number of hydrogen-bond donors (Lipinski definition) is 8. The average Bonchev–Trinajstić information content (AvgIpc) is 1.63. The number of rotatable bonds is 23. The summed E-state index contributed by atoms with van der Waals surface area (Å²) in [4.78, 5) is 125. The number of fused-ring (bicyclic) bond motifs is 3. The molecule has 9 N–H and O–H groups in total. The third-order valence-corrected chi connectivity index (χ3v) is 25.1. The van der Waals surface area contributed by atoms with Crippen LogP contribution in [-0.4, -0.2) is 221 Å². The summed E-state index contributed by atoms with van der Waals surface area (Å²) in [6.45, 7) is 23.1. The van der Waals surface area contributed by atoms with Crippen LogP contribution in [0.1, 0.15) is 77.0 Å². The summed E-state index contributed by atoms with van der Waals surface area (Å²) in [5, 5.41) is 46.4. The van der Waals surface area contributed by atoms with E-state index in [-0.39, 0.29) is 72.8 Å². The Morgan fingerprint density at radius 3 is 1.03 bits per heavy atom. The van der Waals surface area contributed by atoms with E-state index < -0.39 is 10.2 Å². The van der Waals surface area contributed by atoms with Gasteiger partial charge in [0.05, 0.1) is 75.2 Å². The van der Waals surface area contributed by atoms with Gasteiger partial charge in [-0.25, -0.2) is 15.0 Å². The van der Waals surface area contributed by atoms with Gasteiger partial charge in [0.25, 0.3) is 29.9 Å². The molecule has 12 aromatic rings. The Balaban J connectivity index is 0.000000168. The average molecular weight is 1860 g/mol. The number of benzene rings is 6. The number of nitrogen functional groups attached to an aromatic ring is 1. The van der Waals surface area contributed by atoms with Gasteiger partial charge in [-0.2, -0.15) is 15.0 Å². The molecule has 6 aliphatic rings. The standard InChI is InChI=1S/C31H33N7O3S.C28H29N7O4S.C28H31N7O2S.C3H3ClO.CH2O3.CH4.Na/c1-2-27(39)32-22-8-6-21(7-9-22)30(40)33-23-4-3-5-24(20-23)34-31-35-26-12-19-42-28(26)29(36-31)38-13-10-25(11-14-38)37-15-17-41-18-16-37;36-27(19-4-6-23(7-5-19)35(37)38)29-20-2-1-3-21(18-20)30-28-31-24-10-17-40-25(24)26(32-28)34-11-8-22(9-12-34)33-13-15-39-16-14-33;29-20-6-4-19(5-7-20)27(36)30-21-2-1-3-22(18-21)31-28-32-24-10-17-38-25(24)26(33-28)35-11-8-23(9-12-35)34-13-15-37-16-14-34;1-2-3(4)5;2-1-4-3;;/h2-9,12,19-20,25H,1,10-11,13-18H2,(H,32,39)(H,33,40)(H,34,35,36);1-7,10,17-18,22H,8-9,11-16H2,(H,29,36)(H,30,31,32);1-7,10,17-18,23H,8-9,11-16,29H2,(H,30,36)(H,31,32,33);2H,1H2;1,3H;1H4;/q;;;;;;+1/p-1. The molecule has 18 rings (SSSR count). The number of thiophene rings is 3. The molecule has 6 saturated heterocycles. The predicted molar refractivity (Wildman–Crippen MR) is 512 cm³/mol. The molecule has 6 aliphatic heterocycles. The molecule has 131 heavy (non-hydrogen) atoms. The van der Waals surface area contributed by atoms with Gasteiger partial charge < -0.3 is 82.0 Å². The number of carbonyl (C=O) groups excluding carboxylic acids is 6. The third kappa shape index (κ3) is 27.3. The van der Waals surface area contributed by atoms with Crippen molar-refractivity contribution in [1.29, 1.82) is 0 Å². The van der Waals surface area contributed by atoms with E-state index in [4.69, 9.17) is 71.5 Å². The summed E-state index contributed by atoms with van der Waals surface area (Å²) < 4.78 is 19.9. The number of carbonyl (C=O) groups is 6. The van der Waals surface area contributed by atoms with Gasteiger partial charge in [-0.3, -0.25) is 53.6 Å². The number of ether oxygens (including phenoxy) is 3. The van der Waals surface area contributed by atoms with Crippen molar-refractivity contribution in [3.8, 4) is 0 Å². The van der Waals surface area contributed by atoms with E-state index in [1.165, 1.54) is 30.3 Å². The normalized spacial score (nSPS) is 15.6. The second-order valence-electron chi connectivity index (χ2n) is 30.5. The van der Waals surface area contributed by atoms with Gasteiger partial charge >= 0.3 is 29.6 Å². The molecule has 0 saturated carbocycles. The summed E-state index contributed by atoms with van der Waals surface area (Å²) in [6.07, 6.45) is 8.88. The van der Waals surface area contributed by atoms with Crippen LogP contribution in [-0.2, 0) is 33.5 Å². The number of allylic oxidation sites excluding steroid dienone is 1. The minimum Gasteiger partial charge on any atom is -0.662 e. The molecule has 6 aromatic carbocycles. The molecule has 39 heteroatoms. The number of non-ortho nitro benzene ring substituents is 1. The van der Waals surface area contributed by atoms with Gasteiger partial charge in [0, 0.05) is 171 Å². The molecule has 678 valence electrons. The summed E-state index contributed by atoms with van der Waals surface area (Å²) in [5.41, 5.74) is 15.2. The van der Waals surface area contributed by atoms with Gasteiger partial charge in [-0.1, -0.05) is 38.8 Å². The number of halogens is 1. The Bertz CT molecular complexity index is 5860. The van der Waals surface area contributed by atoms with Gasteiger partial charge in [-0.15, -0.1) is 34.0 Å². The first-order valence-electron chi connectivity index (χ1n) is 42.1. The summed E-state index contributed by atoms with van der Waals surface area (Å²) in [5.74, 6) is 3.35. The van der Waals surface area contributed by atoms with Crippen LogP contribution >= 0.6 is 45.6 Å². The zero-order chi connectivity index (χ0) is 90.0.